The van der Waals surface area contributed by atoms with Crippen LogP contribution >= 0.6 is 0 Å². The van der Waals surface area contributed by atoms with E-state index in [9.17, 15) is 9.59 Å². The number of hydrogen-bond donors (Lipinski definition) is 3. The number of amides is 1. The van der Waals surface area contributed by atoms with Crippen LogP contribution in [0, 0.1) is 0 Å². The van der Waals surface area contributed by atoms with Gasteiger partial charge >= 0.3 is 0 Å². The second-order valence-electron chi connectivity index (χ2n) is 8.15. The highest BCUT2D eigenvalue weighted by atomic mass is 16.1. The molecule has 3 N–H and O–H groups in total. The number of aromatic nitrogens is 2. The molecule has 1 unspecified atom stereocenters. The molecule has 4 rings (SSSR count). The smallest absolute Gasteiger partial charge is 0.221 e. The highest BCUT2D eigenvalue weighted by Crippen LogP contribution is 2.30. The summed E-state index contributed by atoms with van der Waals surface area (Å²) in [4.78, 5) is 35.6. The Balaban J connectivity index is 1.56. The monoisotopic (exact) mass is 420 g/mol. The minimum absolute atomic E-state index is 0.104. The average Bonchev–Trinajstić information content (AvgIpc) is 3.16. The molecule has 3 aromatic rings. The molecule has 1 atom stereocenters. The normalized spacial score (nSPS) is 16.6. The fraction of sp³-hybridized carbons (Fsp3) is 0.348. The summed E-state index contributed by atoms with van der Waals surface area (Å²) in [6.07, 6.45) is 2.78. The lowest BCUT2D eigenvalue weighted by molar-refractivity contribution is -0.114. The topological polar surface area (TPSA) is 93.4 Å². The molecule has 0 aliphatic carbocycles. The molecule has 1 aromatic carbocycles. The van der Waals surface area contributed by atoms with Crippen LogP contribution in [0.3, 0.4) is 0 Å². The molecule has 1 fully saturated rings. The van der Waals surface area contributed by atoms with Crippen LogP contribution in [-0.2, 0) is 9.59 Å². The van der Waals surface area contributed by atoms with Gasteiger partial charge < -0.3 is 30.2 Å². The number of anilines is 4. The van der Waals surface area contributed by atoms with Crippen molar-refractivity contribution in [2.75, 3.05) is 40.1 Å². The van der Waals surface area contributed by atoms with E-state index in [1.165, 1.54) is 6.92 Å². The van der Waals surface area contributed by atoms with Crippen molar-refractivity contribution in [3.8, 4) is 0 Å². The Kier molecular flexibility index (Phi) is 5.79. The first-order valence-electron chi connectivity index (χ1n) is 10.5. The number of piperazine rings is 1. The van der Waals surface area contributed by atoms with Crippen molar-refractivity contribution in [3.63, 3.8) is 0 Å². The summed E-state index contributed by atoms with van der Waals surface area (Å²) in [6.45, 7) is 7.67. The van der Waals surface area contributed by atoms with Crippen molar-refractivity contribution in [1.82, 2.24) is 9.97 Å². The third-order valence-electron chi connectivity index (χ3n) is 5.34. The van der Waals surface area contributed by atoms with E-state index in [1.54, 1.807) is 6.20 Å². The lowest BCUT2D eigenvalue weighted by Crippen LogP contribution is -2.54. The molecule has 1 aliphatic rings. The summed E-state index contributed by atoms with van der Waals surface area (Å²) < 4.78 is 0. The summed E-state index contributed by atoms with van der Waals surface area (Å²) in [5.41, 5.74) is 2.69. The van der Waals surface area contributed by atoms with Crippen molar-refractivity contribution in [2.24, 2.45) is 0 Å². The van der Waals surface area contributed by atoms with Gasteiger partial charge in [0.2, 0.25) is 5.91 Å². The van der Waals surface area contributed by atoms with Crippen molar-refractivity contribution in [1.29, 1.82) is 0 Å². The second-order valence-corrected chi connectivity index (χ2v) is 8.15. The van der Waals surface area contributed by atoms with Gasteiger partial charge in [-0.1, -0.05) is 0 Å². The van der Waals surface area contributed by atoms with Gasteiger partial charge in [-0.2, -0.15) is 0 Å². The number of benzene rings is 1. The van der Waals surface area contributed by atoms with Gasteiger partial charge in [0.1, 0.15) is 18.1 Å². The molecule has 0 saturated carbocycles. The van der Waals surface area contributed by atoms with Crippen LogP contribution in [0.15, 0.2) is 42.6 Å². The van der Waals surface area contributed by atoms with Crippen molar-refractivity contribution in [2.45, 2.75) is 32.9 Å². The zero-order valence-electron chi connectivity index (χ0n) is 18.1. The lowest BCUT2D eigenvalue weighted by Gasteiger charge is -2.40. The fourth-order valence-electron chi connectivity index (χ4n) is 4.04. The lowest BCUT2D eigenvalue weighted by atomic mass is 10.1. The molecular weight excluding hydrogens is 392 g/mol. The quantitative estimate of drug-likeness (QED) is 0.530. The number of nitrogens with zero attached hydrogens (tertiary/aromatic N) is 3. The van der Waals surface area contributed by atoms with Crippen LogP contribution in [0.2, 0.25) is 0 Å². The Morgan fingerprint density at radius 2 is 2.10 bits per heavy atom. The summed E-state index contributed by atoms with van der Waals surface area (Å²) in [5, 5.41) is 7.23. The van der Waals surface area contributed by atoms with Crippen molar-refractivity contribution < 1.29 is 9.59 Å². The number of fused-ring (bicyclic) bond motifs is 1. The highest BCUT2D eigenvalue weighted by molar-refractivity contribution is 5.93. The zero-order valence-corrected chi connectivity index (χ0v) is 18.1. The Bertz CT molecular complexity index is 1090. The predicted molar refractivity (Wildman–Crippen MR) is 125 cm³/mol. The molecule has 162 valence electrons. The van der Waals surface area contributed by atoms with Gasteiger partial charge in [0.15, 0.2) is 5.82 Å². The molecule has 8 nitrogen and oxygen atoms in total. The van der Waals surface area contributed by atoms with E-state index < -0.39 is 0 Å². The van der Waals surface area contributed by atoms with Gasteiger partial charge in [-0.25, -0.2) is 4.98 Å². The number of carbonyl (C=O) groups is 2. The Morgan fingerprint density at radius 1 is 1.26 bits per heavy atom. The average molecular weight is 421 g/mol. The number of aromatic amines is 1. The Hall–Kier alpha value is -3.55. The maximum absolute atomic E-state index is 12.0. The minimum atomic E-state index is -0.300. The van der Waals surface area contributed by atoms with Crippen LogP contribution in [0.25, 0.3) is 10.9 Å². The van der Waals surface area contributed by atoms with Crippen LogP contribution in [0.5, 0.6) is 0 Å². The summed E-state index contributed by atoms with van der Waals surface area (Å²) in [6, 6.07) is 11.7. The third kappa shape index (κ3) is 4.47. The first-order valence-corrected chi connectivity index (χ1v) is 10.5. The van der Waals surface area contributed by atoms with E-state index in [0.29, 0.717) is 19.1 Å². The summed E-state index contributed by atoms with van der Waals surface area (Å²) in [7, 11) is 0. The molecule has 1 saturated heterocycles. The van der Waals surface area contributed by atoms with Crippen LogP contribution in [-0.4, -0.2) is 53.9 Å². The first-order chi connectivity index (χ1) is 14.9. The number of pyridine rings is 1. The van der Waals surface area contributed by atoms with Crippen LogP contribution in [0.1, 0.15) is 20.8 Å². The van der Waals surface area contributed by atoms with Gasteiger partial charge in [0.25, 0.3) is 0 Å². The first kappa shape index (κ1) is 20.7. The van der Waals surface area contributed by atoms with Gasteiger partial charge in [0, 0.05) is 55.4 Å². The molecule has 1 aliphatic heterocycles. The molecule has 31 heavy (non-hydrogen) atoms. The third-order valence-corrected chi connectivity index (χ3v) is 5.34. The fourth-order valence-corrected chi connectivity index (χ4v) is 4.04. The minimum Gasteiger partial charge on any atom is -0.380 e. The van der Waals surface area contributed by atoms with Gasteiger partial charge in [-0.05, 0) is 50.2 Å². The summed E-state index contributed by atoms with van der Waals surface area (Å²) in [5.74, 6) is 1.67. The summed E-state index contributed by atoms with van der Waals surface area (Å²) >= 11 is 0. The molecule has 0 radical (unpaired) electrons. The second kappa shape index (κ2) is 8.67. The number of hydrogen-bond acceptors (Lipinski definition) is 6. The number of nitrogens with one attached hydrogen (secondary N) is 3. The van der Waals surface area contributed by atoms with E-state index >= 15 is 0 Å². The maximum atomic E-state index is 12.0. The van der Waals surface area contributed by atoms with E-state index in [1.807, 2.05) is 36.4 Å². The molecule has 0 bridgehead atoms. The SMILES string of the molecule is CC(=O)Nc1ccc2[nH]c(N3CCN(c4ncccc4NC(C)C)CC3C=O)cc2c1. The zero-order chi connectivity index (χ0) is 22.0. The van der Waals surface area contributed by atoms with Gasteiger partial charge in [-0.15, -0.1) is 0 Å². The predicted octanol–water partition coefficient (Wildman–Crippen LogP) is 3.24. The molecule has 3 heterocycles. The largest absolute Gasteiger partial charge is 0.380 e. The van der Waals surface area contributed by atoms with E-state index in [2.05, 4.69) is 44.2 Å². The molecule has 2 aromatic heterocycles. The number of carbonyl (C=O) groups excluding carboxylic acids is 2. The Labute approximate surface area is 181 Å². The van der Waals surface area contributed by atoms with Crippen LogP contribution < -0.4 is 20.4 Å². The highest BCUT2D eigenvalue weighted by Gasteiger charge is 2.29. The van der Waals surface area contributed by atoms with E-state index in [4.69, 9.17) is 0 Å². The van der Waals surface area contributed by atoms with Gasteiger partial charge in [0.05, 0.1) is 5.69 Å². The van der Waals surface area contributed by atoms with Crippen LogP contribution in [0.4, 0.5) is 23.0 Å². The molecular formula is C23H28N6O2. The van der Waals surface area contributed by atoms with Crippen molar-refractivity contribution in [3.05, 3.63) is 42.6 Å². The maximum Gasteiger partial charge on any atom is 0.221 e. The van der Waals surface area contributed by atoms with Crippen molar-refractivity contribution >= 4 is 46.1 Å². The molecule has 8 heteroatoms. The number of H-pyrrole nitrogens is 1. The number of rotatable bonds is 6. The van der Waals surface area contributed by atoms with E-state index in [-0.39, 0.29) is 11.9 Å². The van der Waals surface area contributed by atoms with Gasteiger partial charge in [-0.3, -0.25) is 4.79 Å². The standard InChI is InChI=1S/C23H28N6O2/c1-15(2)25-21-5-4-8-24-23(21)28-9-10-29(19(13-28)14-30)22-12-17-11-18(26-16(3)31)6-7-20(17)27-22/h4-8,11-12,14-15,19,25,27H,9-10,13H2,1-3H3,(H,26,31). The molecule has 1 amide bonds. The molecule has 0 spiro atoms. The number of aldehydes is 1. The Morgan fingerprint density at radius 3 is 2.84 bits per heavy atom. The van der Waals surface area contributed by atoms with E-state index in [0.717, 1.165) is 46.7 Å².